The molecule has 1 aliphatic heterocycles. The van der Waals surface area contributed by atoms with Crippen molar-refractivity contribution in [1.29, 1.82) is 0 Å². The average Bonchev–Trinajstić information content (AvgIpc) is 3.30. The zero-order valence-electron chi connectivity index (χ0n) is 13.9. The fourth-order valence-electron chi connectivity index (χ4n) is 3.89. The number of hydrogen-bond acceptors (Lipinski definition) is 2. The van der Waals surface area contributed by atoms with Gasteiger partial charge in [-0.05, 0) is 56.4 Å². The first-order chi connectivity index (χ1) is 11.6. The average molecular weight is 327 g/mol. The second kappa shape index (κ2) is 5.72. The zero-order chi connectivity index (χ0) is 16.7. The number of benzene rings is 1. The van der Waals surface area contributed by atoms with Crippen LogP contribution in [0.1, 0.15) is 48.6 Å². The van der Waals surface area contributed by atoms with E-state index >= 15 is 0 Å². The van der Waals surface area contributed by atoms with Crippen LogP contribution >= 0.6 is 0 Å². The van der Waals surface area contributed by atoms with Crippen molar-refractivity contribution in [3.8, 4) is 0 Å². The standard InChI is InChI=1S/C19H22FN3O/c1-13-10-17(22-21-13)14-4-3-9-23(12-14)18(24)19(7-8-19)15-5-2-6-16(20)11-15/h2,5-6,10-11,14H,3-4,7-9,12H2,1H3,(H,21,22)/t14-/m1/s1. The molecule has 1 atom stereocenters. The lowest BCUT2D eigenvalue weighted by molar-refractivity contribution is -0.135. The number of carbonyl (C=O) groups excluding carboxylic acids is 1. The molecule has 1 amide bonds. The summed E-state index contributed by atoms with van der Waals surface area (Å²) in [6, 6.07) is 8.60. The van der Waals surface area contributed by atoms with E-state index in [0.717, 1.165) is 49.2 Å². The molecule has 1 saturated heterocycles. The summed E-state index contributed by atoms with van der Waals surface area (Å²) in [4.78, 5) is 15.1. The number of hydrogen-bond donors (Lipinski definition) is 1. The van der Waals surface area contributed by atoms with Gasteiger partial charge in [0, 0.05) is 24.7 Å². The monoisotopic (exact) mass is 327 g/mol. The molecule has 0 bridgehead atoms. The van der Waals surface area contributed by atoms with Gasteiger partial charge in [0.2, 0.25) is 5.91 Å². The Hall–Kier alpha value is -2.17. The molecule has 0 spiro atoms. The lowest BCUT2D eigenvalue weighted by atomic mass is 9.90. The number of rotatable bonds is 3. The van der Waals surface area contributed by atoms with E-state index in [2.05, 4.69) is 16.3 Å². The van der Waals surface area contributed by atoms with Crippen LogP contribution in [0.4, 0.5) is 4.39 Å². The molecule has 1 aromatic heterocycles. The fraction of sp³-hybridized carbons (Fsp3) is 0.474. The normalized spacial score (nSPS) is 22.4. The summed E-state index contributed by atoms with van der Waals surface area (Å²) < 4.78 is 13.6. The van der Waals surface area contributed by atoms with E-state index in [0.29, 0.717) is 6.54 Å². The minimum atomic E-state index is -0.495. The van der Waals surface area contributed by atoms with E-state index in [1.165, 1.54) is 12.1 Å². The van der Waals surface area contributed by atoms with Gasteiger partial charge in [0.15, 0.2) is 0 Å². The second-order valence-corrected chi connectivity index (χ2v) is 7.16. The molecule has 4 rings (SSSR count). The molecule has 126 valence electrons. The van der Waals surface area contributed by atoms with Gasteiger partial charge in [0.05, 0.1) is 11.1 Å². The van der Waals surface area contributed by atoms with E-state index in [1.54, 1.807) is 6.07 Å². The highest BCUT2D eigenvalue weighted by Crippen LogP contribution is 2.50. The minimum absolute atomic E-state index is 0.157. The van der Waals surface area contributed by atoms with Gasteiger partial charge >= 0.3 is 0 Å². The first-order valence-electron chi connectivity index (χ1n) is 8.66. The SMILES string of the molecule is Cc1cc([C@@H]2CCCN(C(=O)C3(c4cccc(F)c4)CC3)C2)n[nH]1. The van der Waals surface area contributed by atoms with Gasteiger partial charge in [0.1, 0.15) is 5.82 Å². The smallest absolute Gasteiger partial charge is 0.233 e. The number of piperidine rings is 1. The Morgan fingerprint density at radius 1 is 1.38 bits per heavy atom. The van der Waals surface area contributed by atoms with Crippen molar-refractivity contribution in [3.05, 3.63) is 53.1 Å². The Balaban J connectivity index is 1.54. The quantitative estimate of drug-likeness (QED) is 0.940. The molecule has 2 fully saturated rings. The highest BCUT2D eigenvalue weighted by Gasteiger charge is 2.53. The van der Waals surface area contributed by atoms with Gasteiger partial charge in [-0.1, -0.05) is 12.1 Å². The van der Waals surface area contributed by atoms with Crippen molar-refractivity contribution in [3.63, 3.8) is 0 Å². The van der Waals surface area contributed by atoms with Gasteiger partial charge in [-0.2, -0.15) is 5.10 Å². The van der Waals surface area contributed by atoms with Crippen LogP contribution in [0.3, 0.4) is 0 Å². The number of amides is 1. The third-order valence-electron chi connectivity index (χ3n) is 5.39. The summed E-state index contributed by atoms with van der Waals surface area (Å²) in [5, 5.41) is 7.36. The van der Waals surface area contributed by atoms with Gasteiger partial charge in [-0.3, -0.25) is 9.89 Å². The number of nitrogens with zero attached hydrogens (tertiary/aromatic N) is 2. The summed E-state index contributed by atoms with van der Waals surface area (Å²) in [6.45, 7) is 3.49. The number of aryl methyl sites for hydroxylation is 1. The Morgan fingerprint density at radius 3 is 2.88 bits per heavy atom. The first-order valence-corrected chi connectivity index (χ1v) is 8.66. The Bertz CT molecular complexity index is 765. The van der Waals surface area contributed by atoms with Crippen molar-refractivity contribution >= 4 is 5.91 Å². The van der Waals surface area contributed by atoms with Gasteiger partial charge < -0.3 is 4.90 Å². The van der Waals surface area contributed by atoms with E-state index in [4.69, 9.17) is 0 Å². The number of likely N-dealkylation sites (tertiary alicyclic amines) is 1. The molecule has 2 aliphatic rings. The van der Waals surface area contributed by atoms with Crippen LogP contribution in [0.5, 0.6) is 0 Å². The molecule has 24 heavy (non-hydrogen) atoms. The number of aromatic nitrogens is 2. The van der Waals surface area contributed by atoms with Gasteiger partial charge in [0.25, 0.3) is 0 Å². The maximum absolute atomic E-state index is 13.6. The van der Waals surface area contributed by atoms with Crippen molar-refractivity contribution in [2.24, 2.45) is 0 Å². The fourth-order valence-corrected chi connectivity index (χ4v) is 3.89. The largest absolute Gasteiger partial charge is 0.341 e. The molecule has 0 unspecified atom stereocenters. The summed E-state index contributed by atoms with van der Waals surface area (Å²) in [7, 11) is 0. The van der Waals surface area contributed by atoms with Gasteiger partial charge in [-0.15, -0.1) is 0 Å². The van der Waals surface area contributed by atoms with Crippen molar-refractivity contribution in [2.45, 2.75) is 43.9 Å². The van der Waals surface area contributed by atoms with Crippen LogP contribution in [-0.2, 0) is 10.2 Å². The summed E-state index contributed by atoms with van der Waals surface area (Å²) in [5.74, 6) is 0.177. The lowest BCUT2D eigenvalue weighted by Crippen LogP contribution is -2.44. The molecule has 2 heterocycles. The van der Waals surface area contributed by atoms with Crippen molar-refractivity contribution < 1.29 is 9.18 Å². The highest BCUT2D eigenvalue weighted by atomic mass is 19.1. The number of H-pyrrole nitrogens is 1. The summed E-state index contributed by atoms with van der Waals surface area (Å²) in [6.07, 6.45) is 3.68. The maximum Gasteiger partial charge on any atom is 0.233 e. The van der Waals surface area contributed by atoms with E-state index < -0.39 is 5.41 Å². The Labute approximate surface area is 141 Å². The second-order valence-electron chi connectivity index (χ2n) is 7.16. The molecule has 1 aliphatic carbocycles. The third-order valence-corrected chi connectivity index (χ3v) is 5.39. The molecule has 4 nitrogen and oxygen atoms in total. The van der Waals surface area contributed by atoms with Gasteiger partial charge in [-0.25, -0.2) is 4.39 Å². The van der Waals surface area contributed by atoms with E-state index in [1.807, 2.05) is 17.9 Å². The van der Waals surface area contributed by atoms with Crippen LogP contribution in [0.25, 0.3) is 0 Å². The Morgan fingerprint density at radius 2 is 2.21 bits per heavy atom. The van der Waals surface area contributed by atoms with Crippen molar-refractivity contribution in [1.82, 2.24) is 15.1 Å². The first kappa shape index (κ1) is 15.4. The molecule has 1 aromatic carbocycles. The molecule has 2 aromatic rings. The predicted octanol–water partition coefficient (Wildman–Crippen LogP) is 3.30. The van der Waals surface area contributed by atoms with Crippen LogP contribution in [0.2, 0.25) is 0 Å². The number of carbonyl (C=O) groups is 1. The number of aromatic amines is 1. The predicted molar refractivity (Wildman–Crippen MR) is 89.2 cm³/mol. The molecular formula is C19H22FN3O. The third kappa shape index (κ3) is 2.62. The molecular weight excluding hydrogens is 305 g/mol. The molecule has 0 radical (unpaired) electrons. The van der Waals surface area contributed by atoms with Crippen LogP contribution in [0.15, 0.2) is 30.3 Å². The van der Waals surface area contributed by atoms with Crippen LogP contribution in [-0.4, -0.2) is 34.1 Å². The highest BCUT2D eigenvalue weighted by molar-refractivity contribution is 5.91. The summed E-state index contributed by atoms with van der Waals surface area (Å²) >= 11 is 0. The topological polar surface area (TPSA) is 49.0 Å². The Kier molecular flexibility index (Phi) is 3.66. The minimum Gasteiger partial charge on any atom is -0.341 e. The molecule has 5 heteroatoms. The van der Waals surface area contributed by atoms with Crippen LogP contribution in [0, 0.1) is 12.7 Å². The zero-order valence-corrected chi connectivity index (χ0v) is 13.9. The lowest BCUT2D eigenvalue weighted by Gasteiger charge is -2.34. The summed E-state index contributed by atoms with van der Waals surface area (Å²) in [5.41, 5.74) is 2.42. The van der Waals surface area contributed by atoms with Crippen molar-refractivity contribution in [2.75, 3.05) is 13.1 Å². The number of halogens is 1. The van der Waals surface area contributed by atoms with Crippen LogP contribution < -0.4 is 0 Å². The van der Waals surface area contributed by atoms with E-state index in [9.17, 15) is 9.18 Å². The maximum atomic E-state index is 13.6. The van der Waals surface area contributed by atoms with E-state index in [-0.39, 0.29) is 17.6 Å². The molecule has 1 N–H and O–H groups in total. The number of nitrogens with one attached hydrogen (secondary N) is 1. The molecule has 1 saturated carbocycles.